The van der Waals surface area contributed by atoms with Crippen molar-refractivity contribution in [2.45, 2.75) is 0 Å². The number of rotatable bonds is 3. The maximum atomic E-state index is 10.6. The molecule has 3 rings (SSSR count). The van der Waals surface area contributed by atoms with Crippen molar-refractivity contribution in [2.75, 3.05) is 5.32 Å². The fourth-order valence-corrected chi connectivity index (χ4v) is 1.97. The van der Waals surface area contributed by atoms with E-state index in [9.17, 15) is 10.1 Å². The van der Waals surface area contributed by atoms with Gasteiger partial charge in [0, 0.05) is 24.0 Å². The molecule has 0 saturated heterocycles. The van der Waals surface area contributed by atoms with Gasteiger partial charge >= 0.3 is 0 Å². The molecule has 0 amide bonds. The zero-order valence-corrected chi connectivity index (χ0v) is 10.8. The third-order valence-electron chi connectivity index (χ3n) is 2.70. The molecule has 0 atom stereocenters. The molecule has 100 valence electrons. The maximum Gasteiger partial charge on any atom is 0.269 e. The number of aromatic amines is 1. The van der Waals surface area contributed by atoms with Crippen molar-refractivity contribution in [1.82, 2.24) is 15.0 Å². The van der Waals surface area contributed by atoms with Crippen molar-refractivity contribution < 1.29 is 4.92 Å². The highest BCUT2D eigenvalue weighted by atomic mass is 35.5. The molecule has 7 nitrogen and oxygen atoms in total. The van der Waals surface area contributed by atoms with Crippen LogP contribution in [0.4, 0.5) is 17.3 Å². The first kappa shape index (κ1) is 12.4. The molecule has 0 spiro atoms. The van der Waals surface area contributed by atoms with Gasteiger partial charge in [0.2, 0.25) is 5.95 Å². The van der Waals surface area contributed by atoms with Gasteiger partial charge in [-0.2, -0.15) is 0 Å². The van der Waals surface area contributed by atoms with E-state index >= 15 is 0 Å². The second-order valence-corrected chi connectivity index (χ2v) is 4.37. The molecule has 0 radical (unpaired) electrons. The van der Waals surface area contributed by atoms with E-state index in [4.69, 9.17) is 11.6 Å². The van der Waals surface area contributed by atoms with Gasteiger partial charge in [-0.15, -0.1) is 0 Å². The lowest BCUT2D eigenvalue weighted by molar-refractivity contribution is -0.384. The summed E-state index contributed by atoms with van der Waals surface area (Å²) in [6, 6.07) is 7.80. The summed E-state index contributed by atoms with van der Waals surface area (Å²) in [6.45, 7) is 0. The van der Waals surface area contributed by atoms with Crippen molar-refractivity contribution in [3.05, 3.63) is 51.8 Å². The molecule has 2 heterocycles. The third kappa shape index (κ3) is 2.26. The molecule has 8 heteroatoms. The molecule has 0 fully saturated rings. The van der Waals surface area contributed by atoms with Gasteiger partial charge < -0.3 is 10.3 Å². The molecule has 2 aromatic heterocycles. The van der Waals surface area contributed by atoms with Crippen LogP contribution in [-0.2, 0) is 0 Å². The quantitative estimate of drug-likeness (QED) is 0.438. The number of H-pyrrole nitrogens is 1. The van der Waals surface area contributed by atoms with E-state index in [1.807, 2.05) is 0 Å². The standard InChI is InChI=1S/C12H8ClN5O2/c13-11-10-9(5-6-14-11)16-12(17-10)15-7-1-3-8(4-2-7)18(19)20/h1-6H,(H2,15,16,17). The summed E-state index contributed by atoms with van der Waals surface area (Å²) in [5.41, 5.74) is 2.04. The van der Waals surface area contributed by atoms with Crippen molar-refractivity contribution in [3.63, 3.8) is 0 Å². The number of nitrogens with zero attached hydrogens (tertiary/aromatic N) is 3. The number of nitro benzene ring substituents is 1. The number of hydrogen-bond acceptors (Lipinski definition) is 5. The average molecular weight is 290 g/mol. The number of hydrogen-bond donors (Lipinski definition) is 2. The lowest BCUT2D eigenvalue weighted by Crippen LogP contribution is -1.93. The van der Waals surface area contributed by atoms with Crippen LogP contribution in [0.1, 0.15) is 0 Å². The summed E-state index contributed by atoms with van der Waals surface area (Å²) in [5, 5.41) is 13.9. The van der Waals surface area contributed by atoms with Crippen LogP contribution in [0.15, 0.2) is 36.5 Å². The SMILES string of the molecule is O=[N+]([O-])c1ccc(Nc2nc3c(Cl)nccc3[nH]2)cc1. The van der Waals surface area contributed by atoms with Gasteiger partial charge in [-0.05, 0) is 18.2 Å². The minimum absolute atomic E-state index is 0.0346. The molecule has 0 aliphatic rings. The zero-order valence-electron chi connectivity index (χ0n) is 10.0. The Morgan fingerprint density at radius 1 is 1.25 bits per heavy atom. The molecule has 2 N–H and O–H groups in total. The van der Waals surface area contributed by atoms with E-state index in [2.05, 4.69) is 20.3 Å². The Morgan fingerprint density at radius 3 is 2.65 bits per heavy atom. The Morgan fingerprint density at radius 2 is 2.00 bits per heavy atom. The fourth-order valence-electron chi connectivity index (χ4n) is 1.77. The van der Waals surface area contributed by atoms with Crippen molar-refractivity contribution in [1.29, 1.82) is 0 Å². The van der Waals surface area contributed by atoms with Gasteiger partial charge in [-0.25, -0.2) is 9.97 Å². The maximum absolute atomic E-state index is 10.6. The minimum atomic E-state index is -0.448. The van der Waals surface area contributed by atoms with E-state index in [1.54, 1.807) is 24.4 Å². The van der Waals surface area contributed by atoms with Crippen LogP contribution >= 0.6 is 11.6 Å². The van der Waals surface area contributed by atoms with E-state index in [0.717, 1.165) is 5.52 Å². The molecule has 3 aromatic rings. The number of anilines is 2. The Balaban J connectivity index is 1.89. The molecule has 1 aromatic carbocycles. The molecule has 0 aliphatic heterocycles. The van der Waals surface area contributed by atoms with Crippen LogP contribution in [0.3, 0.4) is 0 Å². The molecule has 0 aliphatic carbocycles. The van der Waals surface area contributed by atoms with Crippen LogP contribution in [0.2, 0.25) is 5.15 Å². The fraction of sp³-hybridized carbons (Fsp3) is 0. The van der Waals surface area contributed by atoms with Gasteiger partial charge in [0.15, 0.2) is 5.15 Å². The van der Waals surface area contributed by atoms with Crippen molar-refractivity contribution >= 4 is 40.0 Å². The Bertz CT molecular complexity index is 784. The highest BCUT2D eigenvalue weighted by molar-refractivity contribution is 6.33. The predicted molar refractivity (Wildman–Crippen MR) is 75.3 cm³/mol. The molecule has 0 bridgehead atoms. The molecule has 20 heavy (non-hydrogen) atoms. The number of imidazole rings is 1. The molecule has 0 saturated carbocycles. The van der Waals surface area contributed by atoms with Gasteiger partial charge in [-0.3, -0.25) is 10.1 Å². The van der Waals surface area contributed by atoms with Crippen LogP contribution in [0, 0.1) is 10.1 Å². The Labute approximate surface area is 117 Å². The van der Waals surface area contributed by atoms with E-state index in [1.165, 1.54) is 12.1 Å². The average Bonchev–Trinajstić information content (AvgIpc) is 2.83. The smallest absolute Gasteiger partial charge is 0.269 e. The first-order chi connectivity index (χ1) is 9.63. The predicted octanol–water partition coefficient (Wildman–Crippen LogP) is 3.26. The van der Waals surface area contributed by atoms with Crippen LogP contribution in [0.25, 0.3) is 11.0 Å². The highest BCUT2D eigenvalue weighted by Gasteiger charge is 2.08. The summed E-state index contributed by atoms with van der Waals surface area (Å²) in [5.74, 6) is 0.490. The number of benzene rings is 1. The number of aromatic nitrogens is 3. The number of nitrogens with one attached hydrogen (secondary N) is 2. The van der Waals surface area contributed by atoms with Crippen LogP contribution in [-0.4, -0.2) is 19.9 Å². The Kier molecular flexibility index (Phi) is 2.96. The second-order valence-electron chi connectivity index (χ2n) is 4.01. The molecule has 0 unspecified atom stereocenters. The van der Waals surface area contributed by atoms with Gasteiger partial charge in [-0.1, -0.05) is 11.6 Å². The summed E-state index contributed by atoms with van der Waals surface area (Å²) >= 11 is 5.93. The summed E-state index contributed by atoms with van der Waals surface area (Å²) in [6.07, 6.45) is 1.58. The van der Waals surface area contributed by atoms with E-state index in [0.29, 0.717) is 22.3 Å². The minimum Gasteiger partial charge on any atom is -0.326 e. The topological polar surface area (TPSA) is 96.7 Å². The van der Waals surface area contributed by atoms with Gasteiger partial charge in [0.05, 0.1) is 10.4 Å². The summed E-state index contributed by atoms with van der Waals surface area (Å²) in [4.78, 5) is 21.4. The second kappa shape index (κ2) is 4.78. The van der Waals surface area contributed by atoms with E-state index in [-0.39, 0.29) is 5.69 Å². The Hall–Kier alpha value is -2.67. The van der Waals surface area contributed by atoms with Crippen molar-refractivity contribution in [2.24, 2.45) is 0 Å². The normalized spacial score (nSPS) is 10.7. The first-order valence-corrected chi connectivity index (χ1v) is 6.03. The number of pyridine rings is 1. The lowest BCUT2D eigenvalue weighted by atomic mass is 10.3. The van der Waals surface area contributed by atoms with E-state index < -0.39 is 4.92 Å². The number of halogens is 1. The number of nitro groups is 1. The van der Waals surface area contributed by atoms with Crippen molar-refractivity contribution in [3.8, 4) is 0 Å². The van der Waals surface area contributed by atoms with Crippen LogP contribution in [0.5, 0.6) is 0 Å². The lowest BCUT2D eigenvalue weighted by Gasteiger charge is -2.01. The number of non-ortho nitro benzene ring substituents is 1. The highest BCUT2D eigenvalue weighted by Crippen LogP contribution is 2.23. The summed E-state index contributed by atoms with van der Waals surface area (Å²) < 4.78 is 0. The summed E-state index contributed by atoms with van der Waals surface area (Å²) in [7, 11) is 0. The largest absolute Gasteiger partial charge is 0.326 e. The third-order valence-corrected chi connectivity index (χ3v) is 2.97. The van der Waals surface area contributed by atoms with Crippen LogP contribution < -0.4 is 5.32 Å². The molecular formula is C12H8ClN5O2. The first-order valence-electron chi connectivity index (χ1n) is 5.65. The van der Waals surface area contributed by atoms with Gasteiger partial charge in [0.1, 0.15) is 5.52 Å². The molecular weight excluding hydrogens is 282 g/mol. The van der Waals surface area contributed by atoms with Gasteiger partial charge in [0.25, 0.3) is 5.69 Å². The monoisotopic (exact) mass is 289 g/mol. The number of fused-ring (bicyclic) bond motifs is 1. The zero-order chi connectivity index (χ0) is 14.1.